The van der Waals surface area contributed by atoms with E-state index in [0.717, 1.165) is 49.4 Å². The van der Waals surface area contributed by atoms with Crippen LogP contribution in [0.5, 0.6) is 0 Å². The fourth-order valence-corrected chi connectivity index (χ4v) is 2.87. The zero-order valence-electron chi connectivity index (χ0n) is 11.7. The first-order valence-corrected chi connectivity index (χ1v) is 7.18. The van der Waals surface area contributed by atoms with Gasteiger partial charge in [0.15, 0.2) is 0 Å². The number of nitrogens with zero attached hydrogens (tertiary/aromatic N) is 2. The lowest BCUT2D eigenvalue weighted by molar-refractivity contribution is 0.365. The summed E-state index contributed by atoms with van der Waals surface area (Å²) in [4.78, 5) is 12.1. The van der Waals surface area contributed by atoms with E-state index in [1.54, 1.807) is 4.57 Å². The van der Waals surface area contributed by atoms with Crippen molar-refractivity contribution in [3.05, 3.63) is 46.1 Å². The smallest absolute Gasteiger partial charge is 0.317 e. The second kappa shape index (κ2) is 5.63. The van der Waals surface area contributed by atoms with Crippen molar-refractivity contribution in [2.45, 2.75) is 26.2 Å². The topological polar surface area (TPSA) is 62.7 Å². The van der Waals surface area contributed by atoms with Crippen LogP contribution in [0.3, 0.4) is 0 Å². The summed E-state index contributed by atoms with van der Waals surface area (Å²) in [6, 6.07) is 7.92. The summed E-state index contributed by atoms with van der Waals surface area (Å²) in [6.07, 6.45) is 3.15. The van der Waals surface area contributed by atoms with Crippen LogP contribution in [0.1, 0.15) is 24.2 Å². The van der Waals surface area contributed by atoms with E-state index in [1.807, 2.05) is 31.2 Å². The van der Waals surface area contributed by atoms with Crippen LogP contribution in [0.4, 0.5) is 0 Å². The first kappa shape index (κ1) is 13.1. The number of aromatic amines is 1. The Hall–Kier alpha value is -1.88. The van der Waals surface area contributed by atoms with Crippen molar-refractivity contribution < 1.29 is 0 Å². The summed E-state index contributed by atoms with van der Waals surface area (Å²) < 4.78 is 1.72. The van der Waals surface area contributed by atoms with Gasteiger partial charge in [0, 0.05) is 6.42 Å². The third-order valence-electron chi connectivity index (χ3n) is 4.03. The molecular formula is C15H20N4O. The van der Waals surface area contributed by atoms with Gasteiger partial charge in [-0.05, 0) is 50.4 Å². The van der Waals surface area contributed by atoms with E-state index in [9.17, 15) is 4.79 Å². The Labute approximate surface area is 118 Å². The van der Waals surface area contributed by atoms with Gasteiger partial charge in [0.05, 0.1) is 5.69 Å². The van der Waals surface area contributed by atoms with Crippen molar-refractivity contribution in [3.8, 4) is 5.69 Å². The van der Waals surface area contributed by atoms with Gasteiger partial charge in [-0.2, -0.15) is 5.10 Å². The Bertz CT molecular complexity index is 637. The van der Waals surface area contributed by atoms with E-state index in [1.165, 1.54) is 0 Å². The normalized spacial score (nSPS) is 16.4. The highest BCUT2D eigenvalue weighted by atomic mass is 16.1. The average molecular weight is 272 g/mol. The molecule has 1 aliphatic heterocycles. The molecular weight excluding hydrogens is 252 g/mol. The molecule has 0 aliphatic carbocycles. The first-order valence-electron chi connectivity index (χ1n) is 7.18. The molecule has 0 bridgehead atoms. The lowest BCUT2D eigenvalue weighted by atomic mass is 9.94. The largest absolute Gasteiger partial charge is 0.347 e. The van der Waals surface area contributed by atoms with E-state index in [4.69, 9.17) is 0 Å². The lowest BCUT2D eigenvalue weighted by Crippen LogP contribution is -2.29. The second-order valence-electron chi connectivity index (χ2n) is 5.46. The summed E-state index contributed by atoms with van der Waals surface area (Å²) in [6.45, 7) is 4.14. The Morgan fingerprint density at radius 1 is 1.30 bits per heavy atom. The van der Waals surface area contributed by atoms with E-state index in [-0.39, 0.29) is 5.69 Å². The Balaban J connectivity index is 1.93. The van der Waals surface area contributed by atoms with Gasteiger partial charge in [0.25, 0.3) is 0 Å². The summed E-state index contributed by atoms with van der Waals surface area (Å²) in [7, 11) is 0. The van der Waals surface area contributed by atoms with Crippen LogP contribution < -0.4 is 11.0 Å². The van der Waals surface area contributed by atoms with Gasteiger partial charge in [-0.3, -0.25) is 0 Å². The molecule has 2 N–H and O–H groups in total. The first-order chi connectivity index (χ1) is 9.75. The number of rotatable bonds is 3. The summed E-state index contributed by atoms with van der Waals surface area (Å²) in [5, 5.41) is 10.2. The number of hydrogen-bond donors (Lipinski definition) is 2. The predicted octanol–water partition coefficient (Wildman–Crippen LogP) is 1.41. The van der Waals surface area contributed by atoms with Crippen LogP contribution in [0.15, 0.2) is 29.1 Å². The SMILES string of the molecule is Cc1ccccc1-n1c(CC2CCNCC2)n[nH]c1=O. The zero-order valence-corrected chi connectivity index (χ0v) is 11.7. The van der Waals surface area contributed by atoms with Crippen molar-refractivity contribution in [3.63, 3.8) is 0 Å². The van der Waals surface area contributed by atoms with Crippen molar-refractivity contribution >= 4 is 0 Å². The molecule has 1 saturated heterocycles. The molecule has 0 spiro atoms. The number of benzene rings is 1. The number of piperidine rings is 1. The van der Waals surface area contributed by atoms with Crippen LogP contribution in [0.25, 0.3) is 5.69 Å². The molecule has 1 aromatic heterocycles. The van der Waals surface area contributed by atoms with Gasteiger partial charge in [-0.25, -0.2) is 14.5 Å². The quantitative estimate of drug-likeness (QED) is 0.888. The van der Waals surface area contributed by atoms with Gasteiger partial charge < -0.3 is 5.32 Å². The molecule has 20 heavy (non-hydrogen) atoms. The summed E-state index contributed by atoms with van der Waals surface area (Å²) >= 11 is 0. The summed E-state index contributed by atoms with van der Waals surface area (Å²) in [5.74, 6) is 1.45. The van der Waals surface area contributed by atoms with Gasteiger partial charge in [0.2, 0.25) is 0 Å². The molecule has 1 fully saturated rings. The Morgan fingerprint density at radius 2 is 2.05 bits per heavy atom. The van der Waals surface area contributed by atoms with Crippen molar-refractivity contribution in [1.29, 1.82) is 0 Å². The molecule has 0 saturated carbocycles. The highest BCUT2D eigenvalue weighted by Gasteiger charge is 2.19. The molecule has 2 aromatic rings. The highest BCUT2D eigenvalue weighted by molar-refractivity contribution is 5.40. The van der Waals surface area contributed by atoms with E-state index < -0.39 is 0 Å². The third-order valence-corrected chi connectivity index (χ3v) is 4.03. The van der Waals surface area contributed by atoms with E-state index >= 15 is 0 Å². The van der Waals surface area contributed by atoms with E-state index in [2.05, 4.69) is 15.5 Å². The predicted molar refractivity (Wildman–Crippen MR) is 78.2 cm³/mol. The van der Waals surface area contributed by atoms with Crippen LogP contribution in [0, 0.1) is 12.8 Å². The van der Waals surface area contributed by atoms with Crippen molar-refractivity contribution in [2.24, 2.45) is 5.92 Å². The molecule has 0 amide bonds. The molecule has 1 aliphatic rings. The maximum Gasteiger partial charge on any atom is 0.347 e. The highest BCUT2D eigenvalue weighted by Crippen LogP contribution is 2.19. The van der Waals surface area contributed by atoms with Gasteiger partial charge >= 0.3 is 5.69 Å². The summed E-state index contributed by atoms with van der Waals surface area (Å²) in [5.41, 5.74) is 1.86. The number of aromatic nitrogens is 3. The van der Waals surface area contributed by atoms with Gasteiger partial charge in [-0.15, -0.1) is 0 Å². The maximum atomic E-state index is 12.1. The van der Waals surface area contributed by atoms with Crippen molar-refractivity contribution in [1.82, 2.24) is 20.1 Å². The Morgan fingerprint density at radius 3 is 2.80 bits per heavy atom. The lowest BCUT2D eigenvalue weighted by Gasteiger charge is -2.22. The van der Waals surface area contributed by atoms with Crippen LogP contribution in [-0.2, 0) is 6.42 Å². The number of nitrogens with one attached hydrogen (secondary N) is 2. The van der Waals surface area contributed by atoms with Gasteiger partial charge in [-0.1, -0.05) is 18.2 Å². The van der Waals surface area contributed by atoms with Crippen LogP contribution in [-0.4, -0.2) is 27.9 Å². The van der Waals surface area contributed by atoms with Crippen molar-refractivity contribution in [2.75, 3.05) is 13.1 Å². The minimum Gasteiger partial charge on any atom is -0.317 e. The molecule has 1 aromatic carbocycles. The Kier molecular flexibility index (Phi) is 3.69. The van der Waals surface area contributed by atoms with Crippen LogP contribution in [0.2, 0.25) is 0 Å². The number of H-pyrrole nitrogens is 1. The maximum absolute atomic E-state index is 12.1. The standard InChI is InChI=1S/C15H20N4O/c1-11-4-2-3-5-13(11)19-14(17-18-15(19)20)10-12-6-8-16-9-7-12/h2-5,12,16H,6-10H2,1H3,(H,18,20). The molecule has 0 radical (unpaired) electrons. The molecule has 5 nitrogen and oxygen atoms in total. The third kappa shape index (κ3) is 2.54. The molecule has 0 atom stereocenters. The average Bonchev–Trinajstić information content (AvgIpc) is 2.82. The fraction of sp³-hybridized carbons (Fsp3) is 0.467. The minimum absolute atomic E-state index is 0.150. The molecule has 2 heterocycles. The molecule has 106 valence electrons. The number of para-hydroxylation sites is 1. The number of hydrogen-bond acceptors (Lipinski definition) is 3. The molecule has 0 unspecified atom stereocenters. The molecule has 5 heteroatoms. The fourth-order valence-electron chi connectivity index (χ4n) is 2.87. The minimum atomic E-state index is -0.150. The van der Waals surface area contributed by atoms with E-state index in [0.29, 0.717) is 5.92 Å². The van der Waals surface area contributed by atoms with Crippen LogP contribution >= 0.6 is 0 Å². The number of aryl methyl sites for hydroxylation is 1. The molecule has 3 rings (SSSR count). The second-order valence-corrected chi connectivity index (χ2v) is 5.46. The monoisotopic (exact) mass is 272 g/mol. The van der Waals surface area contributed by atoms with Gasteiger partial charge in [0.1, 0.15) is 5.82 Å². The zero-order chi connectivity index (χ0) is 13.9.